The number of carbonyl (C=O) groups is 1. The highest BCUT2D eigenvalue weighted by Gasteiger charge is 2.24. The monoisotopic (exact) mass is 427 g/mol. The van der Waals surface area contributed by atoms with Crippen molar-refractivity contribution in [2.24, 2.45) is 0 Å². The number of anilines is 1. The van der Waals surface area contributed by atoms with Crippen LogP contribution in [0.2, 0.25) is 0 Å². The lowest BCUT2D eigenvalue weighted by Crippen LogP contribution is -3.28. The van der Waals surface area contributed by atoms with Crippen LogP contribution in [0.15, 0.2) is 48.5 Å². The fourth-order valence-corrected chi connectivity index (χ4v) is 3.85. The van der Waals surface area contributed by atoms with E-state index in [1.807, 2.05) is 36.4 Å². The van der Waals surface area contributed by atoms with E-state index in [1.165, 1.54) is 15.4 Å². The summed E-state index contributed by atoms with van der Waals surface area (Å²) in [6, 6.07) is 15.9. The number of rotatable bonds is 8. The van der Waals surface area contributed by atoms with E-state index in [0.717, 1.165) is 49.9 Å². The molecule has 0 aliphatic carbocycles. The Labute approximate surface area is 186 Å². The van der Waals surface area contributed by atoms with Crippen LogP contribution in [0.4, 0.5) is 5.69 Å². The van der Waals surface area contributed by atoms with Crippen molar-refractivity contribution in [3.8, 4) is 11.5 Å². The second kappa shape index (κ2) is 10.6. The molecule has 3 N–H and O–H groups in total. The summed E-state index contributed by atoms with van der Waals surface area (Å²) in [6.07, 6.45) is 0. The van der Waals surface area contributed by atoms with E-state index in [2.05, 4.69) is 38.2 Å². The molecule has 31 heavy (non-hydrogen) atoms. The van der Waals surface area contributed by atoms with E-state index < -0.39 is 0 Å². The zero-order valence-corrected chi connectivity index (χ0v) is 19.3. The largest absolute Gasteiger partial charge is 0.497 e. The summed E-state index contributed by atoms with van der Waals surface area (Å²) in [5, 5.41) is 3.04. The van der Waals surface area contributed by atoms with Gasteiger partial charge < -0.3 is 24.6 Å². The first-order valence-corrected chi connectivity index (χ1v) is 11.2. The quantitative estimate of drug-likeness (QED) is 0.584. The molecule has 0 spiro atoms. The minimum Gasteiger partial charge on any atom is -0.497 e. The summed E-state index contributed by atoms with van der Waals surface area (Å²) in [5.41, 5.74) is 2.26. The number of quaternary nitrogens is 2. The van der Waals surface area contributed by atoms with Crippen LogP contribution >= 0.6 is 0 Å². The van der Waals surface area contributed by atoms with Crippen molar-refractivity contribution < 1.29 is 24.1 Å². The summed E-state index contributed by atoms with van der Waals surface area (Å²) in [4.78, 5) is 15.3. The number of nitrogens with one attached hydrogen (secondary N) is 3. The maximum absolute atomic E-state index is 12.5. The Hall–Kier alpha value is -2.57. The summed E-state index contributed by atoms with van der Waals surface area (Å²) in [6.45, 7) is 12.9. The van der Waals surface area contributed by atoms with Crippen LogP contribution in [0.5, 0.6) is 11.5 Å². The van der Waals surface area contributed by atoms with Crippen molar-refractivity contribution in [1.82, 2.24) is 0 Å². The molecule has 6 nitrogen and oxygen atoms in total. The van der Waals surface area contributed by atoms with Gasteiger partial charge in [0.1, 0.15) is 50.8 Å². The van der Waals surface area contributed by atoms with Crippen LogP contribution in [-0.4, -0.2) is 58.9 Å². The van der Waals surface area contributed by atoms with Gasteiger partial charge in [0, 0.05) is 5.69 Å². The van der Waals surface area contributed by atoms with Crippen molar-refractivity contribution in [3.63, 3.8) is 0 Å². The van der Waals surface area contributed by atoms with Crippen molar-refractivity contribution in [2.45, 2.75) is 26.2 Å². The van der Waals surface area contributed by atoms with E-state index in [9.17, 15) is 4.79 Å². The zero-order chi connectivity index (χ0) is 22.3. The van der Waals surface area contributed by atoms with E-state index in [1.54, 1.807) is 7.11 Å². The standard InChI is InChI=1S/C25H35N3O3/c1-25(2,3)20-5-7-21(8-6-20)26-24(29)19-28-15-13-27(14-16-28)17-18-31-23-11-9-22(30-4)10-12-23/h5-12H,13-19H2,1-4H3,(H,26,29)/p+2. The fraction of sp³-hybridized carbons (Fsp3) is 0.480. The third-order valence-corrected chi connectivity index (χ3v) is 5.89. The molecule has 2 aromatic rings. The van der Waals surface area contributed by atoms with Crippen molar-refractivity contribution in [1.29, 1.82) is 0 Å². The predicted molar refractivity (Wildman–Crippen MR) is 123 cm³/mol. The van der Waals surface area contributed by atoms with Gasteiger partial charge >= 0.3 is 0 Å². The molecular weight excluding hydrogens is 390 g/mol. The maximum Gasteiger partial charge on any atom is 0.279 e. The van der Waals surface area contributed by atoms with Crippen LogP contribution < -0.4 is 24.6 Å². The van der Waals surface area contributed by atoms with Crippen LogP contribution in [0, 0.1) is 0 Å². The van der Waals surface area contributed by atoms with Gasteiger partial charge in [-0.15, -0.1) is 0 Å². The van der Waals surface area contributed by atoms with E-state index in [0.29, 0.717) is 13.2 Å². The highest BCUT2D eigenvalue weighted by atomic mass is 16.5. The van der Waals surface area contributed by atoms with Gasteiger partial charge in [0.25, 0.3) is 5.91 Å². The average Bonchev–Trinajstić information content (AvgIpc) is 2.75. The number of benzene rings is 2. The average molecular weight is 428 g/mol. The summed E-state index contributed by atoms with van der Waals surface area (Å²) < 4.78 is 11.0. The van der Waals surface area contributed by atoms with E-state index in [4.69, 9.17) is 9.47 Å². The molecule has 0 aromatic heterocycles. The van der Waals surface area contributed by atoms with Crippen molar-refractivity contribution >= 4 is 11.6 Å². The maximum atomic E-state index is 12.5. The summed E-state index contributed by atoms with van der Waals surface area (Å²) >= 11 is 0. The first-order chi connectivity index (χ1) is 14.8. The first kappa shape index (κ1) is 23.1. The lowest BCUT2D eigenvalue weighted by molar-refractivity contribution is -1.01. The van der Waals surface area contributed by atoms with Gasteiger partial charge in [-0.05, 0) is 47.4 Å². The van der Waals surface area contributed by atoms with Gasteiger partial charge in [-0.2, -0.15) is 0 Å². The molecule has 1 heterocycles. The minimum absolute atomic E-state index is 0.0878. The molecule has 2 aromatic carbocycles. The Morgan fingerprint density at radius 3 is 2.06 bits per heavy atom. The third-order valence-electron chi connectivity index (χ3n) is 5.89. The van der Waals surface area contributed by atoms with Gasteiger partial charge in [0.2, 0.25) is 0 Å². The summed E-state index contributed by atoms with van der Waals surface area (Å²) in [7, 11) is 1.66. The molecule has 0 bridgehead atoms. The Bertz CT molecular complexity index is 821. The molecule has 1 amide bonds. The normalized spacial score (nSPS) is 19.0. The lowest BCUT2D eigenvalue weighted by atomic mass is 9.87. The number of hydrogen-bond donors (Lipinski definition) is 3. The molecule has 1 aliphatic heterocycles. The molecule has 0 atom stereocenters. The highest BCUT2D eigenvalue weighted by Crippen LogP contribution is 2.23. The molecule has 1 fully saturated rings. The third kappa shape index (κ3) is 7.26. The summed E-state index contributed by atoms with van der Waals surface area (Å²) in [5.74, 6) is 1.80. The van der Waals surface area contributed by atoms with E-state index >= 15 is 0 Å². The van der Waals surface area contributed by atoms with Gasteiger partial charge in [-0.3, -0.25) is 4.79 Å². The molecule has 0 unspecified atom stereocenters. The van der Waals surface area contributed by atoms with Crippen molar-refractivity contribution in [2.75, 3.05) is 58.3 Å². The highest BCUT2D eigenvalue weighted by molar-refractivity contribution is 5.91. The molecule has 168 valence electrons. The van der Waals surface area contributed by atoms with Crippen LogP contribution in [0.25, 0.3) is 0 Å². The van der Waals surface area contributed by atoms with Gasteiger partial charge in [0.15, 0.2) is 6.54 Å². The van der Waals surface area contributed by atoms with Gasteiger partial charge in [-0.1, -0.05) is 32.9 Å². The Kier molecular flexibility index (Phi) is 7.93. The number of ether oxygens (including phenoxy) is 2. The molecule has 0 saturated carbocycles. The predicted octanol–water partition coefficient (Wildman–Crippen LogP) is 0.794. The Morgan fingerprint density at radius 1 is 0.903 bits per heavy atom. The topological polar surface area (TPSA) is 56.4 Å². The zero-order valence-electron chi connectivity index (χ0n) is 19.3. The number of methoxy groups -OCH3 is 1. The number of carbonyl (C=O) groups excluding carboxylic acids is 1. The van der Waals surface area contributed by atoms with Crippen LogP contribution in [-0.2, 0) is 10.2 Å². The number of hydrogen-bond acceptors (Lipinski definition) is 3. The minimum atomic E-state index is 0.0878. The van der Waals surface area contributed by atoms with Crippen molar-refractivity contribution in [3.05, 3.63) is 54.1 Å². The molecular formula is C25H37N3O3+2. The van der Waals surface area contributed by atoms with Crippen LogP contribution in [0.1, 0.15) is 26.3 Å². The molecule has 3 rings (SSSR count). The Morgan fingerprint density at radius 2 is 1.48 bits per heavy atom. The van der Waals surface area contributed by atoms with E-state index in [-0.39, 0.29) is 11.3 Å². The lowest BCUT2D eigenvalue weighted by Gasteiger charge is -2.29. The molecule has 6 heteroatoms. The molecule has 1 aliphatic rings. The van der Waals surface area contributed by atoms with Gasteiger partial charge in [-0.25, -0.2) is 0 Å². The van der Waals surface area contributed by atoms with Gasteiger partial charge in [0.05, 0.1) is 7.11 Å². The Balaban J connectivity index is 1.34. The second-order valence-electron chi connectivity index (χ2n) is 9.33. The van der Waals surface area contributed by atoms with Crippen LogP contribution in [0.3, 0.4) is 0 Å². The molecule has 0 radical (unpaired) electrons. The fourth-order valence-electron chi connectivity index (χ4n) is 3.85. The smallest absolute Gasteiger partial charge is 0.279 e. The number of piperazine rings is 1. The SMILES string of the molecule is COc1ccc(OCC[NH+]2CC[NH+](CC(=O)Nc3ccc(C(C)(C)C)cc3)CC2)cc1. The first-order valence-electron chi connectivity index (χ1n) is 11.2. The molecule has 1 saturated heterocycles. The second-order valence-corrected chi connectivity index (χ2v) is 9.33. The number of amides is 1.